The van der Waals surface area contributed by atoms with Crippen LogP contribution in [0.5, 0.6) is 0 Å². The van der Waals surface area contributed by atoms with Gasteiger partial charge in [-0.2, -0.15) is 0 Å². The third-order valence-electron chi connectivity index (χ3n) is 4.09. The van der Waals surface area contributed by atoms with Gasteiger partial charge in [-0.15, -0.1) is 0 Å². The molecule has 23 heavy (non-hydrogen) atoms. The number of anilines is 2. The zero-order valence-corrected chi connectivity index (χ0v) is 14.1. The summed E-state index contributed by atoms with van der Waals surface area (Å²) >= 11 is 0. The van der Waals surface area contributed by atoms with Crippen LogP contribution in [0.15, 0.2) is 30.3 Å². The highest BCUT2D eigenvalue weighted by Crippen LogP contribution is 2.35. The minimum atomic E-state index is 0.0439. The molecule has 0 fully saturated rings. The van der Waals surface area contributed by atoms with E-state index in [0.717, 1.165) is 22.5 Å². The second-order valence-corrected chi connectivity index (χ2v) is 5.98. The number of rotatable bonds is 6. The monoisotopic (exact) mass is 314 g/mol. The van der Waals surface area contributed by atoms with E-state index in [1.807, 2.05) is 23.1 Å². The maximum Gasteiger partial charge on any atom is 0.0606 e. The van der Waals surface area contributed by atoms with Crippen LogP contribution in [-0.4, -0.2) is 36.5 Å². The summed E-state index contributed by atoms with van der Waals surface area (Å²) in [5.74, 6) is 0. The van der Waals surface area contributed by atoms with Gasteiger partial charge in [0.05, 0.1) is 13.2 Å². The van der Waals surface area contributed by atoms with E-state index >= 15 is 0 Å². The van der Waals surface area contributed by atoms with Gasteiger partial charge < -0.3 is 20.8 Å². The predicted octanol–water partition coefficient (Wildman–Crippen LogP) is 2.65. The Morgan fingerprint density at radius 1 is 0.913 bits per heavy atom. The van der Waals surface area contributed by atoms with Gasteiger partial charge in [0.15, 0.2) is 0 Å². The van der Waals surface area contributed by atoms with Crippen LogP contribution in [0.1, 0.15) is 16.7 Å². The largest absolute Gasteiger partial charge is 0.398 e. The van der Waals surface area contributed by atoms with Gasteiger partial charge in [-0.3, -0.25) is 0 Å². The Bertz CT molecular complexity index is 654. The second kappa shape index (κ2) is 7.49. The maximum absolute atomic E-state index is 9.24. The summed E-state index contributed by atoms with van der Waals surface area (Å²) < 4.78 is 0. The van der Waals surface area contributed by atoms with Gasteiger partial charge in [-0.25, -0.2) is 0 Å². The van der Waals surface area contributed by atoms with Gasteiger partial charge in [-0.05, 0) is 55.7 Å². The SMILES string of the molecule is Cc1cc(C)c(-c2cc(N(CCO)CCO)ccc2N)c(C)c1. The van der Waals surface area contributed by atoms with Crippen molar-refractivity contribution in [3.05, 3.63) is 47.0 Å². The Morgan fingerprint density at radius 3 is 2.00 bits per heavy atom. The number of benzene rings is 2. The molecule has 0 aliphatic heterocycles. The van der Waals surface area contributed by atoms with Crippen molar-refractivity contribution < 1.29 is 10.2 Å². The van der Waals surface area contributed by atoms with Crippen molar-refractivity contribution in [3.8, 4) is 11.1 Å². The van der Waals surface area contributed by atoms with Crippen molar-refractivity contribution in [1.82, 2.24) is 0 Å². The van der Waals surface area contributed by atoms with E-state index in [2.05, 4.69) is 32.9 Å². The molecule has 4 nitrogen and oxygen atoms in total. The molecule has 0 bridgehead atoms. The van der Waals surface area contributed by atoms with Crippen molar-refractivity contribution >= 4 is 11.4 Å². The Balaban J connectivity index is 2.53. The molecular weight excluding hydrogens is 288 g/mol. The Kier molecular flexibility index (Phi) is 5.64. The van der Waals surface area contributed by atoms with Crippen LogP contribution < -0.4 is 10.6 Å². The molecule has 0 saturated carbocycles. The smallest absolute Gasteiger partial charge is 0.0606 e. The van der Waals surface area contributed by atoms with Crippen molar-refractivity contribution in [2.45, 2.75) is 20.8 Å². The molecule has 2 aromatic carbocycles. The van der Waals surface area contributed by atoms with Gasteiger partial charge in [0.25, 0.3) is 0 Å². The first-order chi connectivity index (χ1) is 11.0. The van der Waals surface area contributed by atoms with Crippen LogP contribution in [0.2, 0.25) is 0 Å². The zero-order chi connectivity index (χ0) is 17.0. The first-order valence-electron chi connectivity index (χ1n) is 7.92. The molecule has 0 aliphatic rings. The summed E-state index contributed by atoms with van der Waals surface area (Å²) in [5, 5.41) is 18.5. The van der Waals surface area contributed by atoms with Gasteiger partial charge in [0.2, 0.25) is 0 Å². The van der Waals surface area contributed by atoms with E-state index in [9.17, 15) is 10.2 Å². The third-order valence-corrected chi connectivity index (χ3v) is 4.09. The average Bonchev–Trinajstić information content (AvgIpc) is 2.48. The van der Waals surface area contributed by atoms with Crippen molar-refractivity contribution in [3.63, 3.8) is 0 Å². The molecule has 2 aromatic rings. The number of hydrogen-bond donors (Lipinski definition) is 3. The molecule has 124 valence electrons. The molecule has 0 aliphatic carbocycles. The number of aliphatic hydroxyl groups excluding tert-OH is 2. The lowest BCUT2D eigenvalue weighted by atomic mass is 9.92. The summed E-state index contributed by atoms with van der Waals surface area (Å²) in [4.78, 5) is 1.96. The second-order valence-electron chi connectivity index (χ2n) is 5.98. The van der Waals surface area contributed by atoms with E-state index in [4.69, 9.17) is 5.73 Å². The normalized spacial score (nSPS) is 10.8. The molecule has 0 saturated heterocycles. The highest BCUT2D eigenvalue weighted by molar-refractivity contribution is 5.83. The van der Waals surface area contributed by atoms with Crippen LogP contribution in [0, 0.1) is 20.8 Å². The van der Waals surface area contributed by atoms with Crippen molar-refractivity contribution in [2.75, 3.05) is 36.9 Å². The molecule has 4 heteroatoms. The zero-order valence-electron chi connectivity index (χ0n) is 14.1. The van der Waals surface area contributed by atoms with Gasteiger partial charge >= 0.3 is 0 Å². The van der Waals surface area contributed by atoms with Crippen molar-refractivity contribution in [1.29, 1.82) is 0 Å². The number of nitrogens with zero attached hydrogens (tertiary/aromatic N) is 1. The molecule has 0 atom stereocenters. The minimum absolute atomic E-state index is 0.0439. The highest BCUT2D eigenvalue weighted by atomic mass is 16.3. The third kappa shape index (κ3) is 3.84. The lowest BCUT2D eigenvalue weighted by Gasteiger charge is -2.24. The number of nitrogen functional groups attached to an aromatic ring is 1. The molecule has 0 spiro atoms. The van der Waals surface area contributed by atoms with Crippen LogP contribution in [-0.2, 0) is 0 Å². The molecule has 0 heterocycles. The molecule has 0 amide bonds. The lowest BCUT2D eigenvalue weighted by molar-refractivity contribution is 0.281. The molecular formula is C19H26N2O2. The van der Waals surface area contributed by atoms with E-state index in [0.29, 0.717) is 13.1 Å². The van der Waals surface area contributed by atoms with E-state index in [1.54, 1.807) is 0 Å². The van der Waals surface area contributed by atoms with Crippen LogP contribution >= 0.6 is 0 Å². The van der Waals surface area contributed by atoms with Crippen LogP contribution in [0.4, 0.5) is 11.4 Å². The van der Waals surface area contributed by atoms with E-state index < -0.39 is 0 Å². The van der Waals surface area contributed by atoms with Gasteiger partial charge in [0, 0.05) is 30.0 Å². The van der Waals surface area contributed by atoms with E-state index in [-0.39, 0.29) is 13.2 Å². The number of hydrogen-bond acceptors (Lipinski definition) is 4. The Labute approximate surface area is 138 Å². The first-order valence-corrected chi connectivity index (χ1v) is 7.92. The molecule has 0 aromatic heterocycles. The number of aryl methyl sites for hydroxylation is 3. The predicted molar refractivity (Wildman–Crippen MR) is 96.9 cm³/mol. The molecule has 2 rings (SSSR count). The van der Waals surface area contributed by atoms with Gasteiger partial charge in [-0.1, -0.05) is 17.7 Å². The summed E-state index contributed by atoms with van der Waals surface area (Å²) in [5.41, 5.74) is 13.7. The fourth-order valence-electron chi connectivity index (χ4n) is 3.17. The molecule has 0 radical (unpaired) electrons. The molecule has 4 N–H and O–H groups in total. The fraction of sp³-hybridized carbons (Fsp3) is 0.368. The molecule has 0 unspecified atom stereocenters. The fourth-order valence-corrected chi connectivity index (χ4v) is 3.17. The standard InChI is InChI=1S/C19H26N2O2/c1-13-10-14(2)19(15(3)11-13)17-12-16(4-5-18(17)20)21(6-8-22)7-9-23/h4-5,10-12,22-23H,6-9,20H2,1-3H3. The Hall–Kier alpha value is -2.04. The highest BCUT2D eigenvalue weighted by Gasteiger charge is 2.13. The topological polar surface area (TPSA) is 69.7 Å². The first kappa shape index (κ1) is 17.3. The minimum Gasteiger partial charge on any atom is -0.398 e. The van der Waals surface area contributed by atoms with Crippen LogP contribution in [0.25, 0.3) is 11.1 Å². The summed E-state index contributed by atoms with van der Waals surface area (Å²) in [7, 11) is 0. The average molecular weight is 314 g/mol. The number of aliphatic hydroxyl groups is 2. The van der Waals surface area contributed by atoms with Crippen molar-refractivity contribution in [2.24, 2.45) is 0 Å². The van der Waals surface area contributed by atoms with E-state index in [1.165, 1.54) is 16.7 Å². The Morgan fingerprint density at radius 2 is 1.48 bits per heavy atom. The van der Waals surface area contributed by atoms with Gasteiger partial charge in [0.1, 0.15) is 0 Å². The summed E-state index contributed by atoms with van der Waals surface area (Å²) in [6, 6.07) is 10.2. The summed E-state index contributed by atoms with van der Waals surface area (Å²) in [6.07, 6.45) is 0. The lowest BCUT2D eigenvalue weighted by Crippen LogP contribution is -2.29. The number of nitrogens with two attached hydrogens (primary N) is 1. The quantitative estimate of drug-likeness (QED) is 0.717. The summed E-state index contributed by atoms with van der Waals surface area (Å²) in [6.45, 7) is 7.34. The van der Waals surface area contributed by atoms with Crippen LogP contribution in [0.3, 0.4) is 0 Å². The maximum atomic E-state index is 9.24.